The summed E-state index contributed by atoms with van der Waals surface area (Å²) >= 11 is 0. The van der Waals surface area contributed by atoms with E-state index in [2.05, 4.69) is 25.3 Å². The molecule has 2 aromatic carbocycles. The summed E-state index contributed by atoms with van der Waals surface area (Å²) in [4.78, 5) is 8.90. The van der Waals surface area contributed by atoms with Crippen molar-refractivity contribution in [2.75, 3.05) is 14.1 Å². The zero-order chi connectivity index (χ0) is 21.6. The highest BCUT2D eigenvalue weighted by atomic mass is 32.2. The normalized spacial score (nSPS) is 12.0. The molecule has 0 radical (unpaired) electrons. The van der Waals surface area contributed by atoms with Gasteiger partial charge in [-0.3, -0.25) is 4.99 Å². The molecule has 0 aliphatic carbocycles. The number of nitrogens with zero attached hydrogens (tertiary/aromatic N) is 2. The molecule has 0 aliphatic rings. The number of rotatable bonds is 7. The van der Waals surface area contributed by atoms with Crippen LogP contribution in [0.1, 0.15) is 16.8 Å². The van der Waals surface area contributed by atoms with Crippen LogP contribution in [0.3, 0.4) is 0 Å². The minimum Gasteiger partial charge on any atom is -0.444 e. The summed E-state index contributed by atoms with van der Waals surface area (Å²) in [6, 6.07) is 14.7. The molecule has 3 aromatic rings. The van der Waals surface area contributed by atoms with Crippen molar-refractivity contribution in [3.8, 4) is 11.5 Å². The van der Waals surface area contributed by atoms with Gasteiger partial charge in [0, 0.05) is 19.2 Å². The molecule has 0 spiro atoms. The Bertz CT molecular complexity index is 1120. The van der Waals surface area contributed by atoms with Crippen LogP contribution in [0.5, 0.6) is 0 Å². The van der Waals surface area contributed by atoms with Crippen LogP contribution in [0.25, 0.3) is 11.5 Å². The Hall–Kier alpha value is -3.17. The summed E-state index contributed by atoms with van der Waals surface area (Å²) in [7, 11) is -0.423. The van der Waals surface area contributed by atoms with Crippen molar-refractivity contribution in [1.29, 1.82) is 0 Å². The standard InChI is InChI=1S/C21H25N5O3S/c1-15-7-9-17(10-8-15)20-26-18(14-29-20)13-25-21(22-2)24-12-16-5-4-6-19(11-16)30(27,28)23-3/h4-11,14,23H,12-13H2,1-3H3,(H2,22,24,25). The smallest absolute Gasteiger partial charge is 0.240 e. The third-order valence-electron chi connectivity index (χ3n) is 4.45. The summed E-state index contributed by atoms with van der Waals surface area (Å²) in [6.45, 7) is 2.88. The SMILES string of the molecule is CN=C(NCc1cccc(S(=O)(=O)NC)c1)NCc1coc(-c2ccc(C)cc2)n1. The third kappa shape index (κ3) is 5.46. The first-order chi connectivity index (χ1) is 14.4. The van der Waals surface area contributed by atoms with Crippen LogP contribution in [0.4, 0.5) is 0 Å². The van der Waals surface area contributed by atoms with E-state index in [-0.39, 0.29) is 4.90 Å². The van der Waals surface area contributed by atoms with Gasteiger partial charge in [-0.15, -0.1) is 0 Å². The van der Waals surface area contributed by atoms with Crippen LogP contribution in [0.2, 0.25) is 0 Å². The number of aryl methyl sites for hydroxylation is 1. The average molecular weight is 428 g/mol. The van der Waals surface area contributed by atoms with Gasteiger partial charge in [-0.1, -0.05) is 29.8 Å². The molecule has 3 rings (SSSR count). The molecule has 0 fully saturated rings. The molecule has 1 aromatic heterocycles. The van der Waals surface area contributed by atoms with Crippen LogP contribution in [0.15, 0.2) is 69.1 Å². The fraction of sp³-hybridized carbons (Fsp3) is 0.238. The van der Waals surface area contributed by atoms with Gasteiger partial charge < -0.3 is 15.1 Å². The first-order valence-electron chi connectivity index (χ1n) is 9.40. The lowest BCUT2D eigenvalue weighted by atomic mass is 10.1. The van der Waals surface area contributed by atoms with Crippen molar-refractivity contribution in [3.05, 3.63) is 71.6 Å². The highest BCUT2D eigenvalue weighted by molar-refractivity contribution is 7.89. The number of hydrogen-bond acceptors (Lipinski definition) is 5. The van der Waals surface area contributed by atoms with Gasteiger partial charge in [0.05, 0.1) is 17.1 Å². The van der Waals surface area contributed by atoms with Gasteiger partial charge >= 0.3 is 0 Å². The van der Waals surface area contributed by atoms with Gasteiger partial charge in [-0.25, -0.2) is 18.1 Å². The zero-order valence-electron chi connectivity index (χ0n) is 17.1. The Kier molecular flexibility index (Phi) is 6.86. The van der Waals surface area contributed by atoms with E-state index in [1.165, 1.54) is 12.6 Å². The lowest BCUT2D eigenvalue weighted by Gasteiger charge is -2.11. The average Bonchev–Trinajstić information content (AvgIpc) is 3.23. The molecule has 3 N–H and O–H groups in total. The lowest BCUT2D eigenvalue weighted by Crippen LogP contribution is -2.36. The molecule has 0 saturated heterocycles. The van der Waals surface area contributed by atoms with E-state index in [1.54, 1.807) is 31.5 Å². The molecule has 0 saturated carbocycles. The molecular weight excluding hydrogens is 402 g/mol. The number of guanidine groups is 1. The van der Waals surface area contributed by atoms with Crippen LogP contribution in [0, 0.1) is 6.92 Å². The van der Waals surface area contributed by atoms with Crippen molar-refractivity contribution in [1.82, 2.24) is 20.3 Å². The predicted molar refractivity (Wildman–Crippen MR) is 116 cm³/mol. The lowest BCUT2D eigenvalue weighted by molar-refractivity contribution is 0.572. The van der Waals surface area contributed by atoms with Crippen molar-refractivity contribution >= 4 is 16.0 Å². The molecule has 0 bridgehead atoms. The van der Waals surface area contributed by atoms with E-state index in [0.29, 0.717) is 24.9 Å². The van der Waals surface area contributed by atoms with Crippen molar-refractivity contribution in [2.45, 2.75) is 24.9 Å². The number of aliphatic imine (C=N–C) groups is 1. The Balaban J connectivity index is 1.57. The van der Waals surface area contributed by atoms with Crippen molar-refractivity contribution in [2.24, 2.45) is 4.99 Å². The van der Waals surface area contributed by atoms with Gasteiger partial charge in [0.1, 0.15) is 6.26 Å². The first kappa shape index (κ1) is 21.5. The Morgan fingerprint density at radius 2 is 1.83 bits per heavy atom. The number of oxazole rings is 1. The second kappa shape index (κ2) is 9.55. The summed E-state index contributed by atoms with van der Waals surface area (Å²) in [5.41, 5.74) is 3.66. The maximum atomic E-state index is 11.9. The fourth-order valence-corrected chi connectivity index (χ4v) is 3.54. The van der Waals surface area contributed by atoms with E-state index in [1.807, 2.05) is 37.3 Å². The van der Waals surface area contributed by atoms with Gasteiger partial charge in [0.15, 0.2) is 5.96 Å². The number of aromatic nitrogens is 1. The summed E-state index contributed by atoms with van der Waals surface area (Å²) in [5, 5.41) is 6.33. The van der Waals surface area contributed by atoms with E-state index in [9.17, 15) is 8.42 Å². The molecule has 0 unspecified atom stereocenters. The molecule has 8 nitrogen and oxygen atoms in total. The molecule has 158 valence electrons. The molecular formula is C21H25N5O3S. The van der Waals surface area contributed by atoms with Gasteiger partial charge in [0.2, 0.25) is 15.9 Å². The maximum absolute atomic E-state index is 11.9. The number of sulfonamides is 1. The second-order valence-electron chi connectivity index (χ2n) is 6.64. The predicted octanol–water partition coefficient (Wildman–Crippen LogP) is 2.42. The Morgan fingerprint density at radius 1 is 1.10 bits per heavy atom. The molecule has 0 atom stereocenters. The van der Waals surface area contributed by atoms with Crippen LogP contribution >= 0.6 is 0 Å². The summed E-state index contributed by atoms with van der Waals surface area (Å²) in [6.07, 6.45) is 1.61. The molecule has 9 heteroatoms. The van der Waals surface area contributed by atoms with E-state index >= 15 is 0 Å². The van der Waals surface area contributed by atoms with E-state index in [4.69, 9.17) is 4.42 Å². The maximum Gasteiger partial charge on any atom is 0.240 e. The molecule has 30 heavy (non-hydrogen) atoms. The van der Waals surface area contributed by atoms with Gasteiger partial charge in [-0.2, -0.15) is 0 Å². The fourth-order valence-electron chi connectivity index (χ4n) is 2.74. The Labute approximate surface area is 176 Å². The van der Waals surface area contributed by atoms with Crippen molar-refractivity contribution < 1.29 is 12.8 Å². The largest absolute Gasteiger partial charge is 0.444 e. The minimum atomic E-state index is -3.48. The van der Waals surface area contributed by atoms with Crippen molar-refractivity contribution in [3.63, 3.8) is 0 Å². The first-order valence-corrected chi connectivity index (χ1v) is 10.9. The summed E-state index contributed by atoms with van der Waals surface area (Å²) < 4.78 is 31.8. The minimum absolute atomic E-state index is 0.221. The van der Waals surface area contributed by atoms with Crippen LogP contribution in [-0.4, -0.2) is 33.5 Å². The summed E-state index contributed by atoms with van der Waals surface area (Å²) in [5.74, 6) is 1.13. The van der Waals surface area contributed by atoms with E-state index < -0.39 is 10.0 Å². The second-order valence-corrected chi connectivity index (χ2v) is 8.53. The van der Waals surface area contributed by atoms with E-state index in [0.717, 1.165) is 16.8 Å². The number of hydrogen-bond donors (Lipinski definition) is 3. The number of nitrogens with one attached hydrogen (secondary N) is 3. The molecule has 1 heterocycles. The Morgan fingerprint density at radius 3 is 2.53 bits per heavy atom. The third-order valence-corrected chi connectivity index (χ3v) is 5.86. The highest BCUT2D eigenvalue weighted by Gasteiger charge is 2.12. The topological polar surface area (TPSA) is 109 Å². The zero-order valence-corrected chi connectivity index (χ0v) is 18.0. The van der Waals surface area contributed by atoms with Crippen LogP contribution < -0.4 is 15.4 Å². The molecule has 0 aliphatic heterocycles. The van der Waals surface area contributed by atoms with Gasteiger partial charge in [-0.05, 0) is 43.8 Å². The highest BCUT2D eigenvalue weighted by Crippen LogP contribution is 2.19. The van der Waals surface area contributed by atoms with Gasteiger partial charge in [0.25, 0.3) is 0 Å². The quantitative estimate of drug-likeness (QED) is 0.395. The number of benzene rings is 2. The monoisotopic (exact) mass is 427 g/mol. The van der Waals surface area contributed by atoms with Crippen LogP contribution in [-0.2, 0) is 23.1 Å². The molecule has 0 amide bonds.